The van der Waals surface area contributed by atoms with Crippen molar-refractivity contribution in [3.8, 4) is 5.69 Å². The number of amides is 1. The van der Waals surface area contributed by atoms with Crippen molar-refractivity contribution in [3.05, 3.63) is 75.9 Å². The lowest BCUT2D eigenvalue weighted by Gasteiger charge is -2.21. The molecule has 0 unspecified atom stereocenters. The molecule has 8 nitrogen and oxygen atoms in total. The highest BCUT2D eigenvalue weighted by Gasteiger charge is 2.23. The maximum absolute atomic E-state index is 12.7. The summed E-state index contributed by atoms with van der Waals surface area (Å²) in [6.07, 6.45) is 4.67. The molecule has 8 heteroatoms. The number of hydrogen-bond donors (Lipinski definition) is 1. The lowest BCUT2D eigenvalue weighted by Crippen LogP contribution is -2.30. The Labute approximate surface area is 167 Å². The van der Waals surface area contributed by atoms with Crippen LogP contribution in [0.25, 0.3) is 5.69 Å². The third kappa shape index (κ3) is 4.12. The fourth-order valence-electron chi connectivity index (χ4n) is 3.57. The summed E-state index contributed by atoms with van der Waals surface area (Å²) in [5.74, 6) is 0.328. The van der Waals surface area contributed by atoms with Crippen LogP contribution in [0, 0.1) is 6.92 Å². The molecule has 2 aromatic heterocycles. The standard InChI is InChI=1S/C21H22N4O4/c1-14-10-18(15-6-8-28-9-7-15)29-21(27)19(14)20(26)23-11-16-4-2-3-5-17(16)25-13-22-12-24-25/h2-5,10,12-13,15H,6-9,11H2,1H3,(H,23,26). The van der Waals surface area contributed by atoms with Gasteiger partial charge in [-0.3, -0.25) is 4.79 Å². The molecular formula is C21H22N4O4. The molecule has 1 N–H and O–H groups in total. The van der Waals surface area contributed by atoms with E-state index in [4.69, 9.17) is 9.15 Å². The first-order valence-electron chi connectivity index (χ1n) is 9.57. The molecule has 0 atom stereocenters. The smallest absolute Gasteiger partial charge is 0.349 e. The van der Waals surface area contributed by atoms with Crippen molar-refractivity contribution in [2.24, 2.45) is 0 Å². The largest absolute Gasteiger partial charge is 0.427 e. The van der Waals surface area contributed by atoms with E-state index in [9.17, 15) is 9.59 Å². The van der Waals surface area contributed by atoms with E-state index in [0.29, 0.717) is 24.5 Å². The average Bonchev–Trinajstić information content (AvgIpc) is 3.27. The van der Waals surface area contributed by atoms with Gasteiger partial charge >= 0.3 is 5.63 Å². The van der Waals surface area contributed by atoms with Crippen LogP contribution in [0.15, 0.2) is 52.2 Å². The molecule has 1 aromatic carbocycles. The second kappa shape index (κ2) is 8.40. The van der Waals surface area contributed by atoms with E-state index in [0.717, 1.165) is 24.1 Å². The molecule has 0 aliphatic carbocycles. The van der Waals surface area contributed by atoms with Crippen LogP contribution < -0.4 is 10.9 Å². The second-order valence-corrected chi connectivity index (χ2v) is 7.03. The molecular weight excluding hydrogens is 372 g/mol. The highest BCUT2D eigenvalue weighted by Crippen LogP contribution is 2.27. The zero-order valence-corrected chi connectivity index (χ0v) is 16.1. The van der Waals surface area contributed by atoms with Gasteiger partial charge in [0.15, 0.2) is 0 Å². The van der Waals surface area contributed by atoms with Crippen molar-refractivity contribution in [2.75, 3.05) is 13.2 Å². The predicted molar refractivity (Wildman–Crippen MR) is 105 cm³/mol. The highest BCUT2D eigenvalue weighted by atomic mass is 16.5. The Hall–Kier alpha value is -3.26. The van der Waals surface area contributed by atoms with Crippen LogP contribution in [0.1, 0.15) is 46.0 Å². The van der Waals surface area contributed by atoms with E-state index < -0.39 is 11.5 Å². The first-order chi connectivity index (χ1) is 14.1. The number of rotatable bonds is 5. The number of nitrogens with zero attached hydrogens (tertiary/aromatic N) is 3. The summed E-state index contributed by atoms with van der Waals surface area (Å²) in [5.41, 5.74) is 1.72. The van der Waals surface area contributed by atoms with Gasteiger partial charge in [-0.05, 0) is 43.0 Å². The lowest BCUT2D eigenvalue weighted by molar-refractivity contribution is 0.0795. The normalized spacial score (nSPS) is 14.7. The zero-order chi connectivity index (χ0) is 20.2. The Balaban J connectivity index is 1.52. The number of aromatic nitrogens is 3. The van der Waals surface area contributed by atoms with E-state index in [2.05, 4.69) is 15.4 Å². The minimum absolute atomic E-state index is 0.0408. The van der Waals surface area contributed by atoms with Crippen LogP contribution in [0.4, 0.5) is 0 Å². The van der Waals surface area contributed by atoms with Crippen molar-refractivity contribution in [1.82, 2.24) is 20.1 Å². The average molecular weight is 394 g/mol. The number of aryl methyl sites for hydroxylation is 1. The maximum Gasteiger partial charge on any atom is 0.349 e. The van der Waals surface area contributed by atoms with Gasteiger partial charge in [0, 0.05) is 25.7 Å². The molecule has 1 amide bonds. The summed E-state index contributed by atoms with van der Waals surface area (Å²) >= 11 is 0. The molecule has 150 valence electrons. The Bertz CT molecular complexity index is 1050. The van der Waals surface area contributed by atoms with Crippen molar-refractivity contribution in [1.29, 1.82) is 0 Å². The molecule has 29 heavy (non-hydrogen) atoms. The van der Waals surface area contributed by atoms with Crippen LogP contribution in [0.2, 0.25) is 0 Å². The zero-order valence-electron chi connectivity index (χ0n) is 16.1. The van der Waals surface area contributed by atoms with Gasteiger partial charge in [0.1, 0.15) is 24.0 Å². The molecule has 0 radical (unpaired) electrons. The number of hydrogen-bond acceptors (Lipinski definition) is 6. The first-order valence-corrected chi connectivity index (χ1v) is 9.57. The molecule has 0 saturated carbocycles. The minimum atomic E-state index is -0.603. The number of benzene rings is 1. The fourth-order valence-corrected chi connectivity index (χ4v) is 3.57. The van der Waals surface area contributed by atoms with Crippen LogP contribution in [0.5, 0.6) is 0 Å². The summed E-state index contributed by atoms with van der Waals surface area (Å²) in [6, 6.07) is 9.34. The number of carbonyl (C=O) groups excluding carboxylic acids is 1. The quantitative estimate of drug-likeness (QED) is 0.713. The summed E-state index contributed by atoms with van der Waals surface area (Å²) in [7, 11) is 0. The van der Waals surface area contributed by atoms with E-state index in [1.807, 2.05) is 24.3 Å². The monoisotopic (exact) mass is 394 g/mol. The molecule has 1 fully saturated rings. The van der Waals surface area contributed by atoms with E-state index in [-0.39, 0.29) is 18.0 Å². The summed E-state index contributed by atoms with van der Waals surface area (Å²) in [6.45, 7) is 3.31. The number of para-hydroxylation sites is 1. The van der Waals surface area contributed by atoms with Gasteiger partial charge in [0.25, 0.3) is 5.91 Å². The van der Waals surface area contributed by atoms with E-state index >= 15 is 0 Å². The van der Waals surface area contributed by atoms with Gasteiger partial charge in [-0.25, -0.2) is 14.5 Å². The third-order valence-electron chi connectivity index (χ3n) is 5.12. The lowest BCUT2D eigenvalue weighted by atomic mass is 9.95. The summed E-state index contributed by atoms with van der Waals surface area (Å²) < 4.78 is 12.5. The number of ether oxygens (including phenoxy) is 1. The second-order valence-electron chi connectivity index (χ2n) is 7.03. The van der Waals surface area contributed by atoms with Crippen LogP contribution in [-0.2, 0) is 11.3 Å². The molecule has 3 aromatic rings. The Kier molecular flexibility index (Phi) is 5.53. The first kappa shape index (κ1) is 19.1. The highest BCUT2D eigenvalue weighted by molar-refractivity contribution is 5.95. The summed E-state index contributed by atoms with van der Waals surface area (Å²) in [4.78, 5) is 29.2. The van der Waals surface area contributed by atoms with Gasteiger partial charge in [-0.15, -0.1) is 0 Å². The van der Waals surface area contributed by atoms with Crippen LogP contribution >= 0.6 is 0 Å². The Morgan fingerprint density at radius 3 is 2.79 bits per heavy atom. The van der Waals surface area contributed by atoms with Crippen molar-refractivity contribution < 1.29 is 13.9 Å². The van der Waals surface area contributed by atoms with Crippen LogP contribution in [-0.4, -0.2) is 33.9 Å². The molecule has 3 heterocycles. The fraction of sp³-hybridized carbons (Fsp3) is 0.333. The third-order valence-corrected chi connectivity index (χ3v) is 5.12. The van der Waals surface area contributed by atoms with Gasteiger partial charge < -0.3 is 14.5 Å². The van der Waals surface area contributed by atoms with E-state index in [1.165, 1.54) is 6.33 Å². The topological polar surface area (TPSA) is 99.2 Å². The molecule has 0 bridgehead atoms. The van der Waals surface area contributed by atoms with Crippen molar-refractivity contribution in [2.45, 2.75) is 32.2 Å². The molecule has 1 aliphatic heterocycles. The Morgan fingerprint density at radius 1 is 1.28 bits per heavy atom. The number of carbonyl (C=O) groups is 1. The van der Waals surface area contributed by atoms with Gasteiger partial charge in [0.2, 0.25) is 0 Å². The molecule has 1 aliphatic rings. The number of nitrogens with one attached hydrogen (secondary N) is 1. The molecule has 0 spiro atoms. The Morgan fingerprint density at radius 2 is 2.07 bits per heavy atom. The van der Waals surface area contributed by atoms with Crippen molar-refractivity contribution >= 4 is 5.91 Å². The van der Waals surface area contributed by atoms with Gasteiger partial charge in [0.05, 0.1) is 5.69 Å². The molecule has 4 rings (SSSR count). The minimum Gasteiger partial charge on any atom is -0.427 e. The van der Waals surface area contributed by atoms with Crippen molar-refractivity contribution in [3.63, 3.8) is 0 Å². The predicted octanol–water partition coefficient (Wildman–Crippen LogP) is 2.35. The van der Waals surface area contributed by atoms with Gasteiger partial charge in [-0.1, -0.05) is 18.2 Å². The summed E-state index contributed by atoms with van der Waals surface area (Å²) in [5, 5.41) is 6.95. The molecule has 1 saturated heterocycles. The van der Waals surface area contributed by atoms with E-state index in [1.54, 1.807) is 24.0 Å². The SMILES string of the molecule is Cc1cc(C2CCOCC2)oc(=O)c1C(=O)NCc1ccccc1-n1cncn1. The van der Waals surface area contributed by atoms with Crippen LogP contribution in [0.3, 0.4) is 0 Å². The maximum atomic E-state index is 12.7. The van der Waals surface area contributed by atoms with Gasteiger partial charge in [-0.2, -0.15) is 5.10 Å².